The minimum atomic E-state index is 0.239. The first-order valence-electron chi connectivity index (χ1n) is 8.01. The largest absolute Gasteiger partial charge is 0.427 e. The summed E-state index contributed by atoms with van der Waals surface area (Å²) in [5.41, 5.74) is 2.01. The number of nitrogens with zero attached hydrogens (tertiary/aromatic N) is 3. The van der Waals surface area contributed by atoms with Gasteiger partial charge in [-0.15, -0.1) is 0 Å². The van der Waals surface area contributed by atoms with E-state index in [2.05, 4.69) is 9.89 Å². The summed E-state index contributed by atoms with van der Waals surface area (Å²) in [5.74, 6) is 1.16. The molecule has 0 aromatic heterocycles. The number of aliphatic imine (C=N–C) groups is 1. The van der Waals surface area contributed by atoms with Gasteiger partial charge in [0.05, 0.1) is 25.0 Å². The molecule has 0 unspecified atom stereocenters. The van der Waals surface area contributed by atoms with Gasteiger partial charge in [-0.1, -0.05) is 6.42 Å². The molecule has 0 N–H and O–H groups in total. The van der Waals surface area contributed by atoms with Gasteiger partial charge in [0.25, 0.3) is 0 Å². The van der Waals surface area contributed by atoms with Crippen LogP contribution in [0.3, 0.4) is 0 Å². The number of amidine groups is 1. The monoisotopic (exact) mass is 287 g/mol. The van der Waals surface area contributed by atoms with Gasteiger partial charge in [0.2, 0.25) is 0 Å². The Morgan fingerprint density at radius 3 is 2.86 bits per heavy atom. The summed E-state index contributed by atoms with van der Waals surface area (Å²) in [4.78, 5) is 21.0. The third-order valence-electron chi connectivity index (χ3n) is 4.66. The predicted octanol–water partition coefficient (Wildman–Crippen LogP) is 2.02. The van der Waals surface area contributed by atoms with Crippen LogP contribution in [0.2, 0.25) is 0 Å². The van der Waals surface area contributed by atoms with E-state index < -0.39 is 0 Å². The van der Waals surface area contributed by atoms with Gasteiger partial charge < -0.3 is 4.74 Å². The third-order valence-corrected chi connectivity index (χ3v) is 4.66. The summed E-state index contributed by atoms with van der Waals surface area (Å²) in [7, 11) is 0. The molecule has 0 bridgehead atoms. The van der Waals surface area contributed by atoms with Gasteiger partial charge >= 0.3 is 6.02 Å². The van der Waals surface area contributed by atoms with E-state index in [1.54, 1.807) is 0 Å². The van der Waals surface area contributed by atoms with Crippen molar-refractivity contribution < 1.29 is 9.53 Å². The molecular weight excluding hydrogens is 266 g/mol. The second kappa shape index (κ2) is 5.30. The Morgan fingerprint density at radius 2 is 2.00 bits per heavy atom. The Bertz CT molecular complexity index is 556. The molecule has 4 aliphatic rings. The van der Waals surface area contributed by atoms with Crippen LogP contribution in [0.1, 0.15) is 38.5 Å². The van der Waals surface area contributed by atoms with E-state index in [4.69, 9.17) is 4.74 Å². The molecule has 1 saturated heterocycles. The van der Waals surface area contributed by atoms with Crippen LogP contribution in [0.4, 0.5) is 0 Å². The standard InChI is InChI=1S/C16H21N3O2/c20-14-6-4-5-12-9-17-16-19(15(12)14)11-13(21-16)10-18-7-2-1-3-8-18/h11H,1-10H2. The van der Waals surface area contributed by atoms with Crippen molar-refractivity contribution in [3.05, 3.63) is 23.2 Å². The highest BCUT2D eigenvalue weighted by Crippen LogP contribution is 2.32. The van der Waals surface area contributed by atoms with Gasteiger partial charge in [-0.3, -0.25) is 14.6 Å². The van der Waals surface area contributed by atoms with E-state index in [9.17, 15) is 4.79 Å². The quantitative estimate of drug-likeness (QED) is 0.779. The molecule has 0 aromatic rings. The lowest BCUT2D eigenvalue weighted by Crippen LogP contribution is -2.34. The molecule has 0 amide bonds. The lowest BCUT2D eigenvalue weighted by atomic mass is 9.94. The van der Waals surface area contributed by atoms with Crippen molar-refractivity contribution in [2.24, 2.45) is 4.99 Å². The van der Waals surface area contributed by atoms with Crippen molar-refractivity contribution in [3.63, 3.8) is 0 Å². The molecule has 0 saturated carbocycles. The lowest BCUT2D eigenvalue weighted by molar-refractivity contribution is -0.117. The zero-order valence-corrected chi connectivity index (χ0v) is 12.3. The number of hydrogen-bond donors (Lipinski definition) is 0. The van der Waals surface area contributed by atoms with Gasteiger partial charge in [-0.25, -0.2) is 4.99 Å². The molecule has 5 nitrogen and oxygen atoms in total. The first-order valence-corrected chi connectivity index (χ1v) is 8.01. The average Bonchev–Trinajstić information content (AvgIpc) is 2.90. The Kier molecular flexibility index (Phi) is 3.30. The van der Waals surface area contributed by atoms with E-state index in [0.717, 1.165) is 43.9 Å². The van der Waals surface area contributed by atoms with E-state index in [1.165, 1.54) is 24.8 Å². The summed E-state index contributed by atoms with van der Waals surface area (Å²) >= 11 is 0. The van der Waals surface area contributed by atoms with Crippen LogP contribution < -0.4 is 0 Å². The number of hydrogen-bond acceptors (Lipinski definition) is 5. The molecule has 0 radical (unpaired) electrons. The van der Waals surface area contributed by atoms with Crippen molar-refractivity contribution in [2.75, 3.05) is 26.2 Å². The maximum atomic E-state index is 12.2. The van der Waals surface area contributed by atoms with Crippen molar-refractivity contribution in [3.8, 4) is 0 Å². The minimum Gasteiger partial charge on any atom is -0.427 e. The molecule has 0 atom stereocenters. The van der Waals surface area contributed by atoms with Gasteiger partial charge in [-0.05, 0) is 44.3 Å². The van der Waals surface area contributed by atoms with E-state index in [-0.39, 0.29) is 5.78 Å². The highest BCUT2D eigenvalue weighted by molar-refractivity contribution is 6.02. The van der Waals surface area contributed by atoms with Crippen LogP contribution in [0.5, 0.6) is 0 Å². The van der Waals surface area contributed by atoms with Crippen LogP contribution in [-0.2, 0) is 9.53 Å². The molecule has 0 aromatic carbocycles. The van der Waals surface area contributed by atoms with Crippen molar-refractivity contribution in [2.45, 2.75) is 38.5 Å². The summed E-state index contributed by atoms with van der Waals surface area (Å²) in [6.07, 6.45) is 8.45. The van der Waals surface area contributed by atoms with Crippen molar-refractivity contribution in [1.82, 2.24) is 9.80 Å². The molecule has 3 heterocycles. The maximum Gasteiger partial charge on any atom is 0.302 e. The second-order valence-corrected chi connectivity index (χ2v) is 6.23. The van der Waals surface area contributed by atoms with Gasteiger partial charge in [-0.2, -0.15) is 0 Å². The van der Waals surface area contributed by atoms with Gasteiger partial charge in [0, 0.05) is 6.42 Å². The normalized spacial score (nSPS) is 26.1. The second-order valence-electron chi connectivity index (χ2n) is 6.23. The molecule has 1 fully saturated rings. The fourth-order valence-corrected chi connectivity index (χ4v) is 3.59. The number of allylic oxidation sites excluding steroid dienone is 1. The molecule has 112 valence electrons. The molecule has 21 heavy (non-hydrogen) atoms. The fourth-order valence-electron chi connectivity index (χ4n) is 3.59. The Labute approximate surface area is 125 Å². The summed E-state index contributed by atoms with van der Waals surface area (Å²) in [5, 5.41) is 0. The Balaban J connectivity index is 1.53. The highest BCUT2D eigenvalue weighted by atomic mass is 16.5. The van der Waals surface area contributed by atoms with Crippen LogP contribution in [0.25, 0.3) is 0 Å². The molecular formula is C16H21N3O2. The summed E-state index contributed by atoms with van der Waals surface area (Å²) in [6.45, 7) is 3.73. The predicted molar refractivity (Wildman–Crippen MR) is 79.5 cm³/mol. The molecule has 0 spiro atoms. The lowest BCUT2D eigenvalue weighted by Gasteiger charge is -2.28. The van der Waals surface area contributed by atoms with Crippen LogP contribution >= 0.6 is 0 Å². The number of fused-ring (bicyclic) bond motifs is 2. The summed E-state index contributed by atoms with van der Waals surface area (Å²) < 4.78 is 5.87. The SMILES string of the molecule is O=C1CCCC2=C1N1C=C(CN3CCCCC3)OC1=NC2. The highest BCUT2D eigenvalue weighted by Gasteiger charge is 2.35. The minimum absolute atomic E-state index is 0.239. The first kappa shape index (κ1) is 13.1. The number of rotatable bonds is 2. The van der Waals surface area contributed by atoms with E-state index >= 15 is 0 Å². The third kappa shape index (κ3) is 2.39. The molecule has 4 rings (SSSR count). The fraction of sp³-hybridized carbons (Fsp3) is 0.625. The number of likely N-dealkylation sites (tertiary alicyclic amines) is 1. The zero-order valence-electron chi connectivity index (χ0n) is 12.3. The number of ether oxygens (including phenoxy) is 1. The molecule has 3 aliphatic heterocycles. The maximum absolute atomic E-state index is 12.2. The van der Waals surface area contributed by atoms with Crippen LogP contribution in [0, 0.1) is 0 Å². The first-order chi connectivity index (χ1) is 10.3. The number of piperidine rings is 1. The Morgan fingerprint density at radius 1 is 1.14 bits per heavy atom. The van der Waals surface area contributed by atoms with E-state index in [1.807, 2.05) is 11.1 Å². The number of ketones is 1. The topological polar surface area (TPSA) is 45.1 Å². The summed E-state index contributed by atoms with van der Waals surface area (Å²) in [6, 6.07) is 0.594. The number of carbonyl (C=O) groups is 1. The van der Waals surface area contributed by atoms with Gasteiger partial charge in [0.15, 0.2) is 5.78 Å². The number of Topliss-reactive ketones (excluding diaryl/α,β-unsaturated/α-hetero) is 1. The van der Waals surface area contributed by atoms with Gasteiger partial charge in [0.1, 0.15) is 5.76 Å². The zero-order chi connectivity index (χ0) is 14.2. The molecule has 5 heteroatoms. The smallest absolute Gasteiger partial charge is 0.302 e. The van der Waals surface area contributed by atoms with Crippen molar-refractivity contribution in [1.29, 1.82) is 0 Å². The Hall–Kier alpha value is -1.62. The van der Waals surface area contributed by atoms with E-state index in [0.29, 0.717) is 19.0 Å². The van der Waals surface area contributed by atoms with Crippen LogP contribution in [0.15, 0.2) is 28.2 Å². The van der Waals surface area contributed by atoms with Crippen molar-refractivity contribution >= 4 is 11.8 Å². The van der Waals surface area contributed by atoms with Crippen LogP contribution in [-0.4, -0.2) is 47.8 Å². The average molecular weight is 287 g/mol. The number of carbonyl (C=O) groups excluding carboxylic acids is 1. The molecule has 1 aliphatic carbocycles.